The number of aliphatic hydroxyl groups excluding tert-OH is 1. The predicted molar refractivity (Wildman–Crippen MR) is 91.5 cm³/mol. The van der Waals surface area contributed by atoms with Gasteiger partial charge in [-0.1, -0.05) is 24.3 Å². The Morgan fingerprint density at radius 3 is 3.00 bits per heavy atom. The van der Waals surface area contributed by atoms with Crippen molar-refractivity contribution in [2.75, 3.05) is 0 Å². The van der Waals surface area contributed by atoms with Crippen LogP contribution in [0.2, 0.25) is 0 Å². The molecule has 2 aromatic heterocycles. The minimum atomic E-state index is -0.650. The zero-order valence-corrected chi connectivity index (χ0v) is 13.5. The third-order valence-electron chi connectivity index (χ3n) is 5.49. The van der Waals surface area contributed by atoms with Crippen LogP contribution in [0.25, 0.3) is 11.3 Å². The van der Waals surface area contributed by atoms with Crippen molar-refractivity contribution >= 4 is 0 Å². The number of aryl methyl sites for hydroxylation is 1. The number of pyridine rings is 1. The molecule has 0 radical (unpaired) electrons. The van der Waals surface area contributed by atoms with Crippen molar-refractivity contribution in [3.8, 4) is 17.3 Å². The maximum Gasteiger partial charge on any atom is 0.101 e. The summed E-state index contributed by atoms with van der Waals surface area (Å²) < 4.78 is 2.17. The summed E-state index contributed by atoms with van der Waals surface area (Å²) in [6.45, 7) is 0. The Hall–Kier alpha value is -2.97. The van der Waals surface area contributed by atoms with Gasteiger partial charge in [-0.15, -0.1) is 0 Å². The fourth-order valence-electron chi connectivity index (χ4n) is 4.37. The highest BCUT2D eigenvalue weighted by Crippen LogP contribution is 2.49. The molecule has 1 N–H and O–H groups in total. The average molecular weight is 328 g/mol. The van der Waals surface area contributed by atoms with E-state index in [2.05, 4.69) is 32.7 Å². The third kappa shape index (κ3) is 1.98. The molecule has 0 saturated carbocycles. The lowest BCUT2D eigenvalue weighted by Crippen LogP contribution is -2.29. The van der Waals surface area contributed by atoms with E-state index in [0.717, 1.165) is 24.1 Å². The summed E-state index contributed by atoms with van der Waals surface area (Å²) in [5.74, 6) is 0.0320. The first kappa shape index (κ1) is 14.4. The van der Waals surface area contributed by atoms with Crippen LogP contribution in [0.3, 0.4) is 0 Å². The first-order valence-corrected chi connectivity index (χ1v) is 8.46. The minimum Gasteiger partial charge on any atom is -0.386 e. The minimum absolute atomic E-state index is 0.0320. The van der Waals surface area contributed by atoms with E-state index >= 15 is 0 Å². The molecule has 2 aliphatic rings. The predicted octanol–water partition coefficient (Wildman–Crippen LogP) is 3.02. The van der Waals surface area contributed by atoms with Gasteiger partial charge in [0.2, 0.25) is 0 Å². The molecular formula is C20H16N4O. The molecule has 5 rings (SSSR count). The SMILES string of the molecule is N#Cc1cnc2c(c1)CC[C@@H]([C@@H]1c3ccccc3-c3cncn31)[C@H]2O. The smallest absolute Gasteiger partial charge is 0.101 e. The summed E-state index contributed by atoms with van der Waals surface area (Å²) in [4.78, 5) is 8.70. The van der Waals surface area contributed by atoms with Gasteiger partial charge < -0.3 is 9.67 Å². The number of fused-ring (bicyclic) bond motifs is 4. The van der Waals surface area contributed by atoms with Crippen LogP contribution in [0.5, 0.6) is 0 Å². The monoisotopic (exact) mass is 328 g/mol. The summed E-state index contributed by atoms with van der Waals surface area (Å²) in [7, 11) is 0. The molecule has 0 bridgehead atoms. The van der Waals surface area contributed by atoms with Crippen molar-refractivity contribution in [2.24, 2.45) is 5.92 Å². The van der Waals surface area contributed by atoms with Crippen molar-refractivity contribution in [1.82, 2.24) is 14.5 Å². The highest BCUT2D eigenvalue weighted by Gasteiger charge is 2.41. The number of nitrogens with zero attached hydrogens (tertiary/aromatic N) is 4. The van der Waals surface area contributed by atoms with Crippen molar-refractivity contribution in [3.63, 3.8) is 0 Å². The zero-order valence-electron chi connectivity index (χ0n) is 13.5. The molecule has 5 nitrogen and oxygen atoms in total. The molecule has 1 aromatic carbocycles. The molecule has 0 amide bonds. The lowest BCUT2D eigenvalue weighted by atomic mass is 9.77. The summed E-state index contributed by atoms with van der Waals surface area (Å²) >= 11 is 0. The van der Waals surface area contributed by atoms with Gasteiger partial charge in [0.25, 0.3) is 0 Å². The third-order valence-corrected chi connectivity index (χ3v) is 5.49. The molecule has 1 aliphatic carbocycles. The molecule has 0 fully saturated rings. The van der Waals surface area contributed by atoms with E-state index in [0.29, 0.717) is 11.3 Å². The van der Waals surface area contributed by atoms with Gasteiger partial charge in [-0.3, -0.25) is 4.98 Å². The van der Waals surface area contributed by atoms with Crippen LogP contribution in [0.4, 0.5) is 0 Å². The van der Waals surface area contributed by atoms with Gasteiger partial charge in [-0.25, -0.2) is 4.98 Å². The summed E-state index contributed by atoms with van der Waals surface area (Å²) in [6, 6.07) is 12.4. The molecule has 3 atom stereocenters. The number of benzene rings is 1. The van der Waals surface area contributed by atoms with Gasteiger partial charge in [0.05, 0.1) is 35.5 Å². The van der Waals surface area contributed by atoms with Crippen LogP contribution in [-0.2, 0) is 6.42 Å². The first-order chi connectivity index (χ1) is 12.3. The Labute approximate surface area is 145 Å². The molecule has 0 saturated heterocycles. The summed E-state index contributed by atoms with van der Waals surface area (Å²) in [6.07, 6.45) is 6.32. The molecule has 5 heteroatoms. The van der Waals surface area contributed by atoms with Gasteiger partial charge >= 0.3 is 0 Å². The topological polar surface area (TPSA) is 74.7 Å². The lowest BCUT2D eigenvalue weighted by Gasteiger charge is -2.34. The fraction of sp³-hybridized carbons (Fsp3) is 0.250. The highest BCUT2D eigenvalue weighted by molar-refractivity contribution is 5.69. The van der Waals surface area contributed by atoms with Crippen molar-refractivity contribution in [2.45, 2.75) is 25.0 Å². The van der Waals surface area contributed by atoms with Crippen molar-refractivity contribution in [1.29, 1.82) is 5.26 Å². The van der Waals surface area contributed by atoms with E-state index in [-0.39, 0.29) is 12.0 Å². The quantitative estimate of drug-likeness (QED) is 0.745. The molecule has 0 spiro atoms. The van der Waals surface area contributed by atoms with Crippen LogP contribution in [0, 0.1) is 17.2 Å². The van der Waals surface area contributed by atoms with Gasteiger partial charge in [-0.2, -0.15) is 5.26 Å². The maximum atomic E-state index is 11.1. The second kappa shape index (κ2) is 5.27. The van der Waals surface area contributed by atoms with E-state index in [4.69, 9.17) is 5.26 Å². The van der Waals surface area contributed by atoms with Crippen LogP contribution in [0.15, 0.2) is 49.1 Å². The number of aliphatic hydroxyl groups is 1. The number of aromatic nitrogens is 3. The molecule has 3 heterocycles. The highest BCUT2D eigenvalue weighted by atomic mass is 16.3. The van der Waals surface area contributed by atoms with E-state index in [1.807, 2.05) is 30.7 Å². The lowest BCUT2D eigenvalue weighted by molar-refractivity contribution is 0.0679. The number of rotatable bonds is 1. The molecule has 0 unspecified atom stereocenters. The molecule has 3 aromatic rings. The second-order valence-electron chi connectivity index (χ2n) is 6.75. The standard InChI is InChI=1S/C20H16N4O/c21-8-12-7-13-5-6-16(20(25)18(13)23-9-12)19-15-4-2-1-3-14(15)17-10-22-11-24(17)19/h1-4,7,9-11,16,19-20,25H,5-6H2/t16-,19-,20+/m0/s1. The fourth-order valence-corrected chi connectivity index (χ4v) is 4.37. The van der Waals surface area contributed by atoms with Crippen LogP contribution >= 0.6 is 0 Å². The number of nitriles is 1. The van der Waals surface area contributed by atoms with E-state index in [9.17, 15) is 5.11 Å². The van der Waals surface area contributed by atoms with Crippen LogP contribution in [-0.4, -0.2) is 19.6 Å². The Morgan fingerprint density at radius 1 is 1.24 bits per heavy atom. The Morgan fingerprint density at radius 2 is 2.12 bits per heavy atom. The second-order valence-corrected chi connectivity index (χ2v) is 6.75. The largest absolute Gasteiger partial charge is 0.386 e. The molecular weight excluding hydrogens is 312 g/mol. The number of hydrogen-bond donors (Lipinski definition) is 1. The number of imidazole rings is 1. The first-order valence-electron chi connectivity index (χ1n) is 8.46. The van der Waals surface area contributed by atoms with Crippen LogP contribution in [0.1, 0.15) is 41.0 Å². The average Bonchev–Trinajstić information content (AvgIpc) is 3.23. The van der Waals surface area contributed by atoms with E-state index in [1.165, 1.54) is 11.1 Å². The normalized spacial score (nSPS) is 23.4. The van der Waals surface area contributed by atoms with E-state index in [1.54, 1.807) is 6.20 Å². The van der Waals surface area contributed by atoms with Crippen molar-refractivity contribution < 1.29 is 5.11 Å². The van der Waals surface area contributed by atoms with E-state index < -0.39 is 6.10 Å². The molecule has 25 heavy (non-hydrogen) atoms. The Bertz CT molecular complexity index is 1020. The Balaban J connectivity index is 1.60. The van der Waals surface area contributed by atoms with Gasteiger partial charge in [0.15, 0.2) is 0 Å². The zero-order chi connectivity index (χ0) is 17.0. The van der Waals surface area contributed by atoms with Gasteiger partial charge in [0, 0.05) is 17.7 Å². The van der Waals surface area contributed by atoms with Gasteiger partial charge in [-0.05, 0) is 30.0 Å². The van der Waals surface area contributed by atoms with Gasteiger partial charge in [0.1, 0.15) is 12.2 Å². The van der Waals surface area contributed by atoms with Crippen LogP contribution < -0.4 is 0 Å². The maximum absolute atomic E-state index is 11.1. The molecule has 1 aliphatic heterocycles. The Kier molecular flexibility index (Phi) is 3.03. The number of hydrogen-bond acceptors (Lipinski definition) is 4. The van der Waals surface area contributed by atoms with Crippen molar-refractivity contribution in [3.05, 3.63) is 71.4 Å². The molecule has 122 valence electrons. The summed E-state index contributed by atoms with van der Waals surface area (Å²) in [5.41, 5.74) is 5.77. The summed E-state index contributed by atoms with van der Waals surface area (Å²) in [5, 5.41) is 20.1.